The molecule has 0 fully saturated rings. The van der Waals surface area contributed by atoms with Gasteiger partial charge in [0.05, 0.1) is 17.1 Å². The fourth-order valence-corrected chi connectivity index (χ4v) is 3.68. The molecular weight excluding hydrogens is 388 g/mol. The van der Waals surface area contributed by atoms with E-state index in [-0.39, 0.29) is 11.3 Å². The van der Waals surface area contributed by atoms with E-state index < -0.39 is 0 Å². The maximum Gasteiger partial charge on any atom is 0.278 e. The fraction of sp³-hybridized carbons (Fsp3) is 0.0800. The topological polar surface area (TPSA) is 83.8 Å². The van der Waals surface area contributed by atoms with Crippen LogP contribution in [0.4, 0.5) is 0 Å². The Labute approximate surface area is 178 Å². The van der Waals surface area contributed by atoms with Crippen LogP contribution in [0.15, 0.2) is 90.0 Å². The number of fused-ring (bicyclic) bond motifs is 1. The molecule has 0 spiro atoms. The number of nitrogens with zero attached hydrogens (tertiary/aromatic N) is 3. The zero-order chi connectivity index (χ0) is 21.2. The number of H-pyrrole nitrogens is 1. The first-order valence-electron chi connectivity index (χ1n) is 10.0. The van der Waals surface area contributed by atoms with Gasteiger partial charge < -0.3 is 10.1 Å². The van der Waals surface area contributed by atoms with Crippen LogP contribution < -0.4 is 5.56 Å². The van der Waals surface area contributed by atoms with Crippen LogP contribution in [0.1, 0.15) is 22.5 Å². The van der Waals surface area contributed by atoms with E-state index in [2.05, 4.69) is 22.1 Å². The number of nitrogens with one attached hydrogen (secondary N) is 1. The minimum Gasteiger partial charge on any atom is -0.508 e. The molecule has 3 heterocycles. The van der Waals surface area contributed by atoms with E-state index in [9.17, 15) is 9.90 Å². The third-order valence-electron chi connectivity index (χ3n) is 5.22. The van der Waals surface area contributed by atoms with Gasteiger partial charge in [0.25, 0.3) is 5.56 Å². The van der Waals surface area contributed by atoms with Crippen molar-refractivity contribution >= 4 is 0 Å². The number of aromatic hydroxyl groups is 1. The van der Waals surface area contributed by atoms with Crippen LogP contribution in [0, 0.1) is 0 Å². The molecule has 2 N–H and O–H groups in total. The number of aromatic amines is 1. The summed E-state index contributed by atoms with van der Waals surface area (Å²) in [5.74, 6) is 0.808. The monoisotopic (exact) mass is 408 g/mol. The zero-order valence-electron chi connectivity index (χ0n) is 16.7. The lowest BCUT2D eigenvalue weighted by Crippen LogP contribution is -2.18. The molecule has 0 bridgehead atoms. The lowest BCUT2D eigenvalue weighted by molar-refractivity contribution is 0.475. The van der Waals surface area contributed by atoms with Gasteiger partial charge in [-0.15, -0.1) is 0 Å². The Morgan fingerprint density at radius 1 is 0.871 bits per heavy atom. The molecule has 0 aliphatic carbocycles. The number of imidazole rings is 1. The van der Waals surface area contributed by atoms with Crippen molar-refractivity contribution < 1.29 is 5.11 Å². The molecule has 31 heavy (non-hydrogen) atoms. The molecular formula is C25H20N4O2. The van der Waals surface area contributed by atoms with Gasteiger partial charge in [0.15, 0.2) is 5.82 Å². The number of hydrogen-bond donors (Lipinski definition) is 2. The minimum atomic E-state index is -0.149. The van der Waals surface area contributed by atoms with Crippen LogP contribution in [-0.2, 0) is 12.8 Å². The third-order valence-corrected chi connectivity index (χ3v) is 5.22. The van der Waals surface area contributed by atoms with Gasteiger partial charge >= 0.3 is 0 Å². The highest BCUT2D eigenvalue weighted by Crippen LogP contribution is 2.22. The summed E-state index contributed by atoms with van der Waals surface area (Å²) in [6.45, 7) is 0. The molecule has 0 unspecified atom stereocenters. The minimum absolute atomic E-state index is 0.149. The van der Waals surface area contributed by atoms with Gasteiger partial charge in [-0.2, -0.15) is 0 Å². The molecule has 0 saturated carbocycles. The number of pyridine rings is 1. The number of rotatable bonds is 5. The predicted octanol–water partition coefficient (Wildman–Crippen LogP) is 3.95. The molecule has 3 aromatic rings. The van der Waals surface area contributed by atoms with E-state index in [1.165, 1.54) is 0 Å². The van der Waals surface area contributed by atoms with Gasteiger partial charge in [0.1, 0.15) is 11.4 Å². The fourth-order valence-electron chi connectivity index (χ4n) is 3.68. The highest BCUT2D eigenvalue weighted by atomic mass is 16.3. The molecule has 0 saturated heterocycles. The lowest BCUT2D eigenvalue weighted by atomic mass is 10.1. The molecule has 6 heteroatoms. The van der Waals surface area contributed by atoms with Gasteiger partial charge in [0, 0.05) is 25.2 Å². The maximum atomic E-state index is 13.2. The summed E-state index contributed by atoms with van der Waals surface area (Å²) in [6, 6.07) is 22.6. The van der Waals surface area contributed by atoms with Gasteiger partial charge in [-0.05, 0) is 35.4 Å². The molecule has 6 nitrogen and oxygen atoms in total. The average molecular weight is 408 g/mol. The largest absolute Gasteiger partial charge is 0.508 e. The van der Waals surface area contributed by atoms with Crippen LogP contribution in [0.5, 0.6) is 5.75 Å². The van der Waals surface area contributed by atoms with Crippen LogP contribution in [0.25, 0.3) is 17.2 Å². The van der Waals surface area contributed by atoms with Gasteiger partial charge in [-0.1, -0.05) is 48.5 Å². The Kier molecular flexibility index (Phi) is 4.80. The Hall–Kier alpha value is -4.19. The van der Waals surface area contributed by atoms with Crippen molar-refractivity contribution in [2.75, 3.05) is 0 Å². The zero-order valence-corrected chi connectivity index (χ0v) is 16.7. The molecule has 1 aromatic heterocycles. The second-order valence-electron chi connectivity index (χ2n) is 7.42. The van der Waals surface area contributed by atoms with Gasteiger partial charge in [0.2, 0.25) is 0 Å². The molecule has 2 aliphatic rings. The average Bonchev–Trinajstić information content (AvgIpc) is 3.12. The van der Waals surface area contributed by atoms with Crippen molar-refractivity contribution in [3.8, 4) is 23.0 Å². The molecule has 0 atom stereocenters. The maximum absolute atomic E-state index is 13.2. The first-order chi connectivity index (χ1) is 15.2. The highest BCUT2D eigenvalue weighted by Gasteiger charge is 2.20. The van der Waals surface area contributed by atoms with Crippen LogP contribution in [0.3, 0.4) is 0 Å². The highest BCUT2D eigenvalue weighted by molar-refractivity contribution is 5.56. The van der Waals surface area contributed by atoms with Crippen LogP contribution in [-0.4, -0.2) is 24.6 Å². The molecule has 152 valence electrons. The predicted molar refractivity (Wildman–Crippen MR) is 119 cm³/mol. The Balaban J connectivity index is 1.63. The molecule has 2 aromatic carbocycles. The SMILES string of the molecule is O=c1c(Cc2ccc(O)cc2)nc2c(Cc3ccccc3)[nH]c(-c3ccccn3)cn1-2. The van der Waals surface area contributed by atoms with E-state index >= 15 is 0 Å². The summed E-state index contributed by atoms with van der Waals surface area (Å²) < 4.78 is 1.61. The molecule has 2 aliphatic heterocycles. The summed E-state index contributed by atoms with van der Waals surface area (Å²) >= 11 is 0. The van der Waals surface area contributed by atoms with E-state index in [1.807, 2.05) is 36.4 Å². The summed E-state index contributed by atoms with van der Waals surface area (Å²) in [5.41, 5.74) is 4.71. The second kappa shape index (κ2) is 7.91. The number of aromatic nitrogens is 4. The first-order valence-corrected chi connectivity index (χ1v) is 10.0. The Bertz CT molecular complexity index is 1340. The molecule has 5 rings (SSSR count). The normalized spacial score (nSPS) is 11.1. The number of phenols is 1. The second-order valence-corrected chi connectivity index (χ2v) is 7.42. The molecule has 0 amide bonds. The summed E-state index contributed by atoms with van der Waals surface area (Å²) in [5, 5.41) is 9.52. The Morgan fingerprint density at radius 2 is 1.61 bits per heavy atom. The number of phenolic OH excluding ortho intramolecular Hbond substituents is 1. The quantitative estimate of drug-likeness (QED) is 0.461. The van der Waals surface area contributed by atoms with Gasteiger partial charge in [-0.25, -0.2) is 4.98 Å². The summed E-state index contributed by atoms with van der Waals surface area (Å²) in [6.07, 6.45) is 4.50. The van der Waals surface area contributed by atoms with Crippen LogP contribution in [0.2, 0.25) is 0 Å². The van der Waals surface area contributed by atoms with Crippen molar-refractivity contribution in [3.63, 3.8) is 0 Å². The molecule has 0 radical (unpaired) electrons. The van der Waals surface area contributed by atoms with Gasteiger partial charge in [-0.3, -0.25) is 14.3 Å². The summed E-state index contributed by atoms with van der Waals surface area (Å²) in [4.78, 5) is 25.8. The van der Waals surface area contributed by atoms with Crippen molar-refractivity contribution in [2.45, 2.75) is 12.8 Å². The number of benzene rings is 2. The standard InChI is InChI=1S/C25H20N4O2/c30-19-11-9-18(10-12-19)15-22-25(31)29-16-23(20-8-4-5-13-26-20)27-21(24(29)28-22)14-17-6-2-1-3-7-17/h1-13,16,27,30H,14-15H2. The van der Waals surface area contributed by atoms with E-state index in [4.69, 9.17) is 4.98 Å². The van der Waals surface area contributed by atoms with Crippen molar-refractivity contribution in [3.05, 3.63) is 118 Å². The third kappa shape index (κ3) is 3.83. The Morgan fingerprint density at radius 3 is 2.35 bits per heavy atom. The van der Waals surface area contributed by atoms with Crippen molar-refractivity contribution in [2.24, 2.45) is 0 Å². The smallest absolute Gasteiger partial charge is 0.278 e. The summed E-state index contributed by atoms with van der Waals surface area (Å²) in [7, 11) is 0. The van der Waals surface area contributed by atoms with E-state index in [0.29, 0.717) is 24.4 Å². The van der Waals surface area contributed by atoms with E-state index in [1.54, 1.807) is 41.2 Å². The first kappa shape index (κ1) is 18.8. The van der Waals surface area contributed by atoms with Crippen LogP contribution >= 0.6 is 0 Å². The van der Waals surface area contributed by atoms with Crippen molar-refractivity contribution in [1.82, 2.24) is 19.5 Å². The number of hydrogen-bond acceptors (Lipinski definition) is 4. The van der Waals surface area contributed by atoms with E-state index in [0.717, 1.165) is 28.2 Å². The lowest BCUT2D eigenvalue weighted by Gasteiger charge is -2.12. The van der Waals surface area contributed by atoms with Crippen molar-refractivity contribution in [1.29, 1.82) is 0 Å².